The molecule has 0 saturated carbocycles. The van der Waals surface area contributed by atoms with E-state index in [1.54, 1.807) is 0 Å². The molecule has 1 N–H and O–H groups in total. The van der Waals surface area contributed by atoms with Crippen molar-refractivity contribution >= 4 is 21.7 Å². The highest BCUT2D eigenvalue weighted by Crippen LogP contribution is 2.25. The van der Waals surface area contributed by atoms with Gasteiger partial charge in [-0.1, -0.05) is 18.2 Å². The predicted octanol–water partition coefficient (Wildman–Crippen LogP) is 1.38. The Balaban J connectivity index is 2.75. The van der Waals surface area contributed by atoms with Crippen molar-refractivity contribution in [3.63, 3.8) is 0 Å². The summed E-state index contributed by atoms with van der Waals surface area (Å²) in [5.41, 5.74) is -1.36. The first kappa shape index (κ1) is 9.75. The fourth-order valence-corrected chi connectivity index (χ4v) is 2.34. The molecule has 0 aliphatic heterocycles. The van der Waals surface area contributed by atoms with Crippen molar-refractivity contribution in [1.29, 1.82) is 0 Å². The second-order valence-corrected chi connectivity index (χ2v) is 5.89. The van der Waals surface area contributed by atoms with Crippen LogP contribution in [0.2, 0.25) is 0 Å². The second kappa shape index (κ2) is 6.29. The zero-order valence-corrected chi connectivity index (χ0v) is 12.1. The Kier molecular flexibility index (Phi) is 2.79. The van der Waals surface area contributed by atoms with Gasteiger partial charge < -0.3 is 0 Å². The summed E-state index contributed by atoms with van der Waals surface area (Å²) in [5.74, 6) is -2.57. The summed E-state index contributed by atoms with van der Waals surface area (Å²) in [6.07, 6.45) is 2.78. The van der Waals surface area contributed by atoms with Crippen molar-refractivity contribution in [3.8, 4) is 0 Å². The predicted molar refractivity (Wildman–Crippen MR) is 82.0 cm³/mol. The first-order valence-corrected chi connectivity index (χ1v) is 7.68. The summed E-state index contributed by atoms with van der Waals surface area (Å²) in [7, 11) is -4.75. The van der Waals surface area contributed by atoms with Crippen LogP contribution in [0.4, 0.5) is 5.69 Å². The molecule has 1 aromatic heterocycles. The van der Waals surface area contributed by atoms with E-state index in [-0.39, 0.29) is 0 Å². The molecule has 8 heteroatoms. The summed E-state index contributed by atoms with van der Waals surface area (Å²) in [5, 5.41) is 3.87. The largest absolute Gasteiger partial charge is 0.291 e. The van der Waals surface area contributed by atoms with Crippen molar-refractivity contribution in [3.05, 3.63) is 47.8 Å². The summed E-state index contributed by atoms with van der Waals surface area (Å²) in [6, 6.07) is 5.00. The van der Waals surface area contributed by atoms with Gasteiger partial charge >= 0.3 is 0 Å². The number of carbonyl (C=O) groups excluding carboxylic acids is 1. The van der Waals surface area contributed by atoms with Gasteiger partial charge in [0.2, 0.25) is 5.91 Å². The molecule has 22 heavy (non-hydrogen) atoms. The highest BCUT2D eigenvalue weighted by atomic mass is 32.2. The molecule has 1 heterocycles. The molecule has 7 nitrogen and oxygen atoms in total. The Labute approximate surface area is 137 Å². The van der Waals surface area contributed by atoms with Crippen LogP contribution in [-0.4, -0.2) is 34.4 Å². The highest BCUT2D eigenvalue weighted by molar-refractivity contribution is 7.86. The summed E-state index contributed by atoms with van der Waals surface area (Å²) in [4.78, 5) is 13.3. The first-order chi connectivity index (χ1) is 12.7. The van der Waals surface area contributed by atoms with E-state index in [2.05, 4.69) is 5.10 Å². The van der Waals surface area contributed by atoms with Gasteiger partial charge in [-0.2, -0.15) is 13.5 Å². The van der Waals surface area contributed by atoms with Gasteiger partial charge in [-0.15, -0.1) is 0 Å². The van der Waals surface area contributed by atoms with E-state index in [4.69, 9.17) is 12.8 Å². The Bertz CT molecular complexity index is 922. The molecular weight excluding hydrogens is 306 g/mol. The molecule has 2 aromatic rings. The van der Waals surface area contributed by atoms with Gasteiger partial charge in [-0.3, -0.25) is 18.9 Å². The van der Waals surface area contributed by atoms with Crippen molar-refractivity contribution in [1.82, 2.24) is 9.78 Å². The number of anilines is 1. The quantitative estimate of drug-likeness (QED) is 0.837. The van der Waals surface area contributed by atoms with Crippen LogP contribution in [0.1, 0.15) is 19.4 Å². The van der Waals surface area contributed by atoms with E-state index in [1.807, 2.05) is 0 Å². The average molecular weight is 329 g/mol. The minimum atomic E-state index is -4.75. The fourth-order valence-electron chi connectivity index (χ4n) is 1.87. The van der Waals surface area contributed by atoms with Crippen LogP contribution in [0.5, 0.6) is 0 Å². The summed E-state index contributed by atoms with van der Waals surface area (Å²) < 4.78 is 78.8. The molecule has 0 fully saturated rings. The monoisotopic (exact) mass is 329 g/mol. The molecule has 0 unspecified atom stereocenters. The highest BCUT2D eigenvalue weighted by Gasteiger charge is 2.24. The molecular formula is C14H17N3O4S. The number of aromatic nitrogens is 2. The Morgan fingerprint density at radius 2 is 2.05 bits per heavy atom. The number of benzene rings is 1. The molecule has 0 radical (unpaired) electrons. The lowest BCUT2D eigenvalue weighted by Gasteiger charge is -2.25. The smallest absolute Gasteiger partial charge is 0.274 e. The van der Waals surface area contributed by atoms with E-state index >= 15 is 0 Å². The number of hydrogen-bond donors (Lipinski definition) is 1. The van der Waals surface area contributed by atoms with E-state index in [9.17, 15) is 13.2 Å². The number of para-hydroxylation sites is 1. The molecule has 0 spiro atoms. The van der Waals surface area contributed by atoms with E-state index in [0.29, 0.717) is 4.90 Å². The molecule has 118 valence electrons. The van der Waals surface area contributed by atoms with Crippen LogP contribution >= 0.6 is 0 Å². The third-order valence-electron chi connectivity index (χ3n) is 2.76. The number of hydrogen-bond acceptors (Lipinski definition) is 4. The molecule has 0 bridgehead atoms. The fraction of sp³-hybridized carbons (Fsp3) is 0.286. The molecule has 1 aromatic carbocycles. The van der Waals surface area contributed by atoms with E-state index in [1.165, 1.54) is 29.2 Å². The molecule has 0 aliphatic rings. The van der Waals surface area contributed by atoms with Crippen molar-refractivity contribution in [2.75, 3.05) is 10.7 Å². The number of aryl methyl sites for hydroxylation is 2. The Hall–Kier alpha value is -2.19. The average Bonchev–Trinajstić information content (AvgIpc) is 3.01. The van der Waals surface area contributed by atoms with Gasteiger partial charge in [0.15, 0.2) is 5.75 Å². The first-order valence-electron chi connectivity index (χ1n) is 9.07. The number of nitrogens with zero attached hydrogens (tertiary/aromatic N) is 3. The van der Waals surface area contributed by atoms with Crippen LogP contribution in [0.15, 0.2) is 36.7 Å². The minimum absolute atomic E-state index is 0.447. The van der Waals surface area contributed by atoms with Crippen molar-refractivity contribution in [2.45, 2.75) is 20.4 Å². The number of amides is 1. The van der Waals surface area contributed by atoms with Crippen LogP contribution < -0.4 is 4.90 Å². The molecule has 0 atom stereocenters. The molecule has 1 amide bonds. The van der Waals surface area contributed by atoms with E-state index in [0.717, 1.165) is 12.1 Å². The van der Waals surface area contributed by atoms with Crippen LogP contribution in [0.25, 0.3) is 0 Å². The van der Waals surface area contributed by atoms with Crippen LogP contribution in [0, 0.1) is 13.7 Å². The maximum absolute atomic E-state index is 12.6. The van der Waals surface area contributed by atoms with Crippen molar-refractivity contribution in [2.24, 2.45) is 0 Å². The van der Waals surface area contributed by atoms with Gasteiger partial charge in [-0.25, -0.2) is 0 Å². The maximum atomic E-state index is 12.6. The van der Waals surface area contributed by atoms with Gasteiger partial charge in [0, 0.05) is 20.6 Å². The number of rotatable bonds is 5. The zero-order chi connectivity index (χ0) is 21.3. The standard InChI is InChI=1S/C14H17N3O4S/c1-11-5-3-6-12(2)14(11)17(10-16-8-4-7-15-16)13(18)9-22(19,20)21/h3-8H,9-10H2,1-2H3,(H,19,20,21)/i1D3,2D3. The SMILES string of the molecule is [2H]C([2H])([2H])c1cccc(C([2H])([2H])[2H])c1N(Cn1cccn1)C(=O)CS(=O)(=O)O. The molecule has 0 aliphatic carbocycles. The lowest BCUT2D eigenvalue weighted by Crippen LogP contribution is -2.38. The van der Waals surface area contributed by atoms with Crippen molar-refractivity contribution < 1.29 is 26.0 Å². The lowest BCUT2D eigenvalue weighted by atomic mass is 10.1. The Morgan fingerprint density at radius 3 is 2.55 bits per heavy atom. The zero-order valence-electron chi connectivity index (χ0n) is 17.3. The van der Waals surface area contributed by atoms with Crippen LogP contribution in [-0.2, 0) is 21.6 Å². The Morgan fingerprint density at radius 1 is 1.36 bits per heavy atom. The topological polar surface area (TPSA) is 92.5 Å². The van der Waals surface area contributed by atoms with Crippen LogP contribution in [0.3, 0.4) is 0 Å². The summed E-state index contributed by atoms with van der Waals surface area (Å²) in [6.45, 7) is -6.05. The lowest BCUT2D eigenvalue weighted by molar-refractivity contribution is -0.116. The molecule has 2 rings (SSSR count). The summed E-state index contributed by atoms with van der Waals surface area (Å²) >= 11 is 0. The third kappa shape index (κ3) is 3.92. The molecule has 0 saturated heterocycles. The van der Waals surface area contributed by atoms with Gasteiger partial charge in [0.25, 0.3) is 10.1 Å². The van der Waals surface area contributed by atoms with E-state index < -0.39 is 59.0 Å². The minimum Gasteiger partial charge on any atom is -0.291 e. The normalized spacial score (nSPS) is 16.6. The maximum Gasteiger partial charge on any atom is 0.274 e. The van der Waals surface area contributed by atoms with Gasteiger partial charge in [-0.05, 0) is 30.9 Å². The third-order valence-corrected chi connectivity index (χ3v) is 3.37. The number of carbonyl (C=O) groups is 1. The van der Waals surface area contributed by atoms with Gasteiger partial charge in [0.05, 0.1) is 5.69 Å². The second-order valence-electron chi connectivity index (χ2n) is 4.44. The van der Waals surface area contributed by atoms with Gasteiger partial charge in [0.1, 0.15) is 6.67 Å².